The lowest BCUT2D eigenvalue weighted by Gasteiger charge is -2.17. The zero-order valence-electron chi connectivity index (χ0n) is 13.0. The first-order chi connectivity index (χ1) is 10.9. The summed E-state index contributed by atoms with van der Waals surface area (Å²) in [6, 6.07) is 7.39. The van der Waals surface area contributed by atoms with Crippen molar-refractivity contribution in [3.63, 3.8) is 0 Å². The molecule has 2 rings (SSSR count). The Morgan fingerprint density at radius 1 is 1.35 bits per heavy atom. The van der Waals surface area contributed by atoms with E-state index in [2.05, 4.69) is 9.97 Å². The molecule has 0 spiro atoms. The summed E-state index contributed by atoms with van der Waals surface area (Å²) >= 11 is 10.9. The summed E-state index contributed by atoms with van der Waals surface area (Å²) in [5.41, 5.74) is 1.98. The summed E-state index contributed by atoms with van der Waals surface area (Å²) in [5, 5.41) is 0.644. The Morgan fingerprint density at radius 3 is 2.74 bits per heavy atom. The van der Waals surface area contributed by atoms with Gasteiger partial charge in [0.1, 0.15) is 0 Å². The number of hydrogen-bond acceptors (Lipinski definition) is 3. The van der Waals surface area contributed by atoms with Crippen LogP contribution in [0.3, 0.4) is 0 Å². The fourth-order valence-corrected chi connectivity index (χ4v) is 2.81. The largest absolute Gasteiger partial charge is 0.341 e. The quantitative estimate of drug-likeness (QED) is 0.814. The zero-order valence-corrected chi connectivity index (χ0v) is 14.6. The van der Waals surface area contributed by atoms with Crippen LogP contribution in [0.2, 0.25) is 5.02 Å². The number of carbonyl (C=O) groups is 1. The lowest BCUT2D eigenvalue weighted by atomic mass is 10.1. The Kier molecular flexibility index (Phi) is 5.74. The number of aryl methyl sites for hydroxylation is 1. The predicted molar refractivity (Wildman–Crippen MR) is 93.2 cm³/mol. The highest BCUT2D eigenvalue weighted by Crippen LogP contribution is 2.13. The summed E-state index contributed by atoms with van der Waals surface area (Å²) in [6.07, 6.45) is 0.623. The highest BCUT2D eigenvalue weighted by Gasteiger charge is 2.12. The number of aromatic nitrogens is 2. The van der Waals surface area contributed by atoms with Gasteiger partial charge >= 0.3 is 0 Å². The van der Waals surface area contributed by atoms with Gasteiger partial charge in [-0.2, -0.15) is 0 Å². The Bertz CT molecular complexity index is 829. The van der Waals surface area contributed by atoms with Gasteiger partial charge in [-0.25, -0.2) is 0 Å². The summed E-state index contributed by atoms with van der Waals surface area (Å²) in [5.74, 6) is -0.0359. The van der Waals surface area contributed by atoms with Crippen molar-refractivity contribution in [2.24, 2.45) is 0 Å². The number of aromatic amines is 2. The maximum atomic E-state index is 12.2. The molecule has 2 aromatic rings. The molecule has 1 aromatic carbocycles. The van der Waals surface area contributed by atoms with E-state index in [1.807, 2.05) is 18.2 Å². The number of hydrogen-bond donors (Lipinski definition) is 2. The first kappa shape index (κ1) is 17.4. The lowest BCUT2D eigenvalue weighted by Crippen LogP contribution is -2.27. The van der Waals surface area contributed by atoms with Crippen molar-refractivity contribution in [1.29, 1.82) is 0 Å². The maximum absolute atomic E-state index is 12.2. The average molecular weight is 352 g/mol. The molecule has 0 saturated carbocycles. The van der Waals surface area contributed by atoms with E-state index in [1.165, 1.54) is 0 Å². The van der Waals surface area contributed by atoms with Crippen LogP contribution < -0.4 is 5.56 Å². The molecule has 1 aromatic heterocycles. The summed E-state index contributed by atoms with van der Waals surface area (Å²) in [7, 11) is 1.73. The van der Waals surface area contributed by atoms with Gasteiger partial charge in [-0.15, -0.1) is 0 Å². The van der Waals surface area contributed by atoms with Crippen molar-refractivity contribution in [2.75, 3.05) is 7.05 Å². The molecule has 0 atom stereocenters. The van der Waals surface area contributed by atoms with E-state index in [0.717, 1.165) is 5.56 Å². The second-order valence-corrected chi connectivity index (χ2v) is 6.24. The normalized spacial score (nSPS) is 10.6. The van der Waals surface area contributed by atoms with Crippen LogP contribution in [0.1, 0.15) is 23.2 Å². The molecule has 122 valence electrons. The molecule has 1 amide bonds. The highest BCUT2D eigenvalue weighted by atomic mass is 35.5. The zero-order chi connectivity index (χ0) is 17.0. The molecule has 0 radical (unpaired) electrons. The molecule has 7 heteroatoms. The highest BCUT2D eigenvalue weighted by molar-refractivity contribution is 7.71. The van der Waals surface area contributed by atoms with Gasteiger partial charge in [0.15, 0.2) is 4.77 Å². The Hall–Kier alpha value is -1.92. The SMILES string of the molecule is Cc1[nH]c(=S)[nH]c(=O)c1CCC(=O)N(C)Cc1cccc(Cl)c1. The monoisotopic (exact) mass is 351 g/mol. The second-order valence-electron chi connectivity index (χ2n) is 5.39. The molecular formula is C16H18ClN3O2S. The fourth-order valence-electron chi connectivity index (χ4n) is 2.35. The van der Waals surface area contributed by atoms with Crippen LogP contribution in [0, 0.1) is 11.7 Å². The van der Waals surface area contributed by atoms with Gasteiger partial charge in [0.25, 0.3) is 5.56 Å². The average Bonchev–Trinajstić information content (AvgIpc) is 2.45. The number of halogens is 1. The van der Waals surface area contributed by atoms with E-state index >= 15 is 0 Å². The van der Waals surface area contributed by atoms with Crippen molar-refractivity contribution in [3.05, 3.63) is 61.2 Å². The van der Waals surface area contributed by atoms with Gasteiger partial charge in [-0.05, 0) is 43.3 Å². The van der Waals surface area contributed by atoms with Gasteiger partial charge in [0.05, 0.1) is 0 Å². The number of amides is 1. The predicted octanol–water partition coefficient (Wildman–Crippen LogP) is 2.99. The van der Waals surface area contributed by atoms with E-state index in [1.54, 1.807) is 24.9 Å². The number of carbonyl (C=O) groups excluding carboxylic acids is 1. The molecule has 1 heterocycles. The van der Waals surface area contributed by atoms with Crippen molar-refractivity contribution >= 4 is 29.7 Å². The fraction of sp³-hybridized carbons (Fsp3) is 0.312. The molecule has 0 saturated heterocycles. The molecule has 2 N–H and O–H groups in total. The van der Waals surface area contributed by atoms with Crippen molar-refractivity contribution in [1.82, 2.24) is 14.9 Å². The smallest absolute Gasteiger partial charge is 0.255 e. The van der Waals surface area contributed by atoms with Crippen LogP contribution in [0.5, 0.6) is 0 Å². The third kappa shape index (κ3) is 4.77. The van der Waals surface area contributed by atoms with Gasteiger partial charge in [0.2, 0.25) is 5.91 Å². The molecule has 5 nitrogen and oxygen atoms in total. The van der Waals surface area contributed by atoms with Gasteiger partial charge in [0, 0.05) is 36.3 Å². The molecule has 0 aliphatic rings. The first-order valence-corrected chi connectivity index (χ1v) is 7.96. The van der Waals surface area contributed by atoms with Crippen LogP contribution in [-0.2, 0) is 17.8 Å². The van der Waals surface area contributed by atoms with Gasteiger partial charge in [-0.1, -0.05) is 23.7 Å². The Morgan fingerprint density at radius 2 is 2.09 bits per heavy atom. The van der Waals surface area contributed by atoms with E-state index in [4.69, 9.17) is 23.8 Å². The number of nitrogens with one attached hydrogen (secondary N) is 2. The summed E-state index contributed by atoms with van der Waals surface area (Å²) in [6.45, 7) is 2.26. The Labute approximate surface area is 144 Å². The Balaban J connectivity index is 1.99. The molecule has 23 heavy (non-hydrogen) atoms. The number of rotatable bonds is 5. The first-order valence-electron chi connectivity index (χ1n) is 7.17. The van der Waals surface area contributed by atoms with Crippen LogP contribution in [0.15, 0.2) is 29.1 Å². The van der Waals surface area contributed by atoms with Gasteiger partial charge < -0.3 is 9.88 Å². The standard InChI is InChI=1S/C16H18ClN3O2S/c1-10-13(15(22)19-16(23)18-10)6-7-14(21)20(2)9-11-4-3-5-12(17)8-11/h3-5,8H,6-7,9H2,1-2H3,(H2,18,19,22,23). The van der Waals surface area contributed by atoms with Crippen LogP contribution in [0.4, 0.5) is 0 Å². The molecule has 0 aliphatic carbocycles. The third-order valence-electron chi connectivity index (χ3n) is 3.58. The summed E-state index contributed by atoms with van der Waals surface area (Å²) in [4.78, 5) is 31.2. The van der Waals surface area contributed by atoms with Crippen molar-refractivity contribution in [2.45, 2.75) is 26.3 Å². The lowest BCUT2D eigenvalue weighted by molar-refractivity contribution is -0.130. The van der Waals surface area contributed by atoms with Crippen LogP contribution in [-0.4, -0.2) is 27.8 Å². The van der Waals surface area contributed by atoms with Crippen molar-refractivity contribution < 1.29 is 4.79 Å². The molecule has 0 bridgehead atoms. The second kappa shape index (κ2) is 7.57. The molecule has 0 fully saturated rings. The number of H-pyrrole nitrogens is 2. The van der Waals surface area contributed by atoms with E-state index in [-0.39, 0.29) is 17.9 Å². The van der Waals surface area contributed by atoms with E-state index in [9.17, 15) is 9.59 Å². The minimum Gasteiger partial charge on any atom is -0.341 e. The molecule has 0 aliphatic heterocycles. The minimum atomic E-state index is -0.239. The van der Waals surface area contributed by atoms with Crippen LogP contribution >= 0.6 is 23.8 Å². The van der Waals surface area contributed by atoms with Crippen molar-refractivity contribution in [3.8, 4) is 0 Å². The van der Waals surface area contributed by atoms with Crippen LogP contribution in [0.25, 0.3) is 0 Å². The molecule has 0 unspecified atom stereocenters. The maximum Gasteiger partial charge on any atom is 0.255 e. The minimum absolute atomic E-state index is 0.0359. The number of nitrogens with zero attached hydrogens (tertiary/aromatic N) is 1. The molecular weight excluding hydrogens is 334 g/mol. The summed E-state index contributed by atoms with van der Waals surface area (Å²) < 4.78 is 0.292. The van der Waals surface area contributed by atoms with E-state index in [0.29, 0.717) is 34.0 Å². The number of benzene rings is 1. The van der Waals surface area contributed by atoms with Gasteiger partial charge in [-0.3, -0.25) is 14.6 Å². The topological polar surface area (TPSA) is 69.0 Å². The van der Waals surface area contributed by atoms with E-state index < -0.39 is 0 Å². The third-order valence-corrected chi connectivity index (χ3v) is 4.02.